The fourth-order valence-corrected chi connectivity index (χ4v) is 1.74. The van der Waals surface area contributed by atoms with Gasteiger partial charge in [-0.1, -0.05) is 23.7 Å². The molecule has 16 heavy (non-hydrogen) atoms. The molecule has 3 nitrogen and oxygen atoms in total. The van der Waals surface area contributed by atoms with Gasteiger partial charge in [-0.2, -0.15) is 5.10 Å². The van der Waals surface area contributed by atoms with Gasteiger partial charge < -0.3 is 5.32 Å². The molecule has 0 saturated carbocycles. The largest absolute Gasteiger partial charge is 0.319 e. The molecular formula is C12H14ClN3. The summed E-state index contributed by atoms with van der Waals surface area (Å²) in [4.78, 5) is 0. The van der Waals surface area contributed by atoms with E-state index in [2.05, 4.69) is 21.6 Å². The van der Waals surface area contributed by atoms with Crippen LogP contribution in [-0.2, 0) is 6.42 Å². The number of aromatic amines is 1. The van der Waals surface area contributed by atoms with Gasteiger partial charge in [0.25, 0.3) is 0 Å². The van der Waals surface area contributed by atoms with Crippen molar-refractivity contribution in [2.45, 2.75) is 6.42 Å². The third kappa shape index (κ3) is 2.62. The Labute approximate surface area is 99.8 Å². The predicted molar refractivity (Wildman–Crippen MR) is 66.7 cm³/mol. The van der Waals surface area contributed by atoms with Crippen LogP contribution in [0.25, 0.3) is 11.3 Å². The van der Waals surface area contributed by atoms with Crippen LogP contribution < -0.4 is 5.32 Å². The quantitative estimate of drug-likeness (QED) is 0.855. The lowest BCUT2D eigenvalue weighted by molar-refractivity contribution is 0.772. The number of likely N-dealkylation sites (N-methyl/N-ethyl adjacent to an activating group) is 1. The van der Waals surface area contributed by atoms with E-state index in [9.17, 15) is 0 Å². The van der Waals surface area contributed by atoms with Gasteiger partial charge in [0.05, 0.1) is 5.69 Å². The van der Waals surface area contributed by atoms with Gasteiger partial charge in [-0.15, -0.1) is 0 Å². The fourth-order valence-electron chi connectivity index (χ4n) is 1.55. The zero-order valence-electron chi connectivity index (χ0n) is 9.13. The number of hydrogen-bond donors (Lipinski definition) is 2. The number of benzene rings is 1. The highest BCUT2D eigenvalue weighted by Crippen LogP contribution is 2.21. The van der Waals surface area contributed by atoms with E-state index in [1.54, 1.807) is 0 Å². The summed E-state index contributed by atoms with van der Waals surface area (Å²) in [6, 6.07) is 9.77. The summed E-state index contributed by atoms with van der Waals surface area (Å²) in [7, 11) is 1.94. The zero-order chi connectivity index (χ0) is 11.4. The standard InChI is InChI=1S/C12H14ClN3/c1-14-6-5-11-8-12(16-15-11)9-3-2-4-10(13)7-9/h2-4,7-8,14H,5-6H2,1H3,(H,15,16). The van der Waals surface area contributed by atoms with Crippen molar-refractivity contribution >= 4 is 11.6 Å². The molecule has 0 bridgehead atoms. The molecular weight excluding hydrogens is 222 g/mol. The first-order chi connectivity index (χ1) is 7.79. The Balaban J connectivity index is 2.18. The van der Waals surface area contributed by atoms with E-state index in [-0.39, 0.29) is 0 Å². The SMILES string of the molecule is CNCCc1cc(-c2cccc(Cl)c2)n[nH]1. The van der Waals surface area contributed by atoms with Crippen molar-refractivity contribution in [3.8, 4) is 11.3 Å². The maximum Gasteiger partial charge on any atom is 0.0924 e. The molecule has 84 valence electrons. The van der Waals surface area contributed by atoms with Crippen molar-refractivity contribution in [1.29, 1.82) is 0 Å². The predicted octanol–water partition coefficient (Wildman–Crippen LogP) is 2.49. The van der Waals surface area contributed by atoms with Crippen LogP contribution in [0.5, 0.6) is 0 Å². The molecule has 0 saturated heterocycles. The number of nitrogens with one attached hydrogen (secondary N) is 2. The van der Waals surface area contributed by atoms with Crippen LogP contribution >= 0.6 is 11.6 Å². The first-order valence-corrected chi connectivity index (χ1v) is 5.62. The minimum Gasteiger partial charge on any atom is -0.319 e. The van der Waals surface area contributed by atoms with E-state index < -0.39 is 0 Å². The third-order valence-corrected chi connectivity index (χ3v) is 2.63. The molecule has 0 unspecified atom stereocenters. The number of halogens is 1. The Morgan fingerprint density at radius 1 is 1.38 bits per heavy atom. The second-order valence-electron chi connectivity index (χ2n) is 3.64. The summed E-state index contributed by atoms with van der Waals surface area (Å²) in [5.74, 6) is 0. The van der Waals surface area contributed by atoms with E-state index in [1.807, 2.05) is 31.3 Å². The van der Waals surface area contributed by atoms with E-state index in [1.165, 1.54) is 0 Å². The van der Waals surface area contributed by atoms with Crippen LogP contribution in [0, 0.1) is 0 Å². The van der Waals surface area contributed by atoms with Crippen LogP contribution in [-0.4, -0.2) is 23.8 Å². The molecule has 4 heteroatoms. The maximum absolute atomic E-state index is 5.94. The Hall–Kier alpha value is -1.32. The Morgan fingerprint density at radius 3 is 3.00 bits per heavy atom. The highest BCUT2D eigenvalue weighted by molar-refractivity contribution is 6.30. The number of nitrogens with zero attached hydrogens (tertiary/aromatic N) is 1. The number of hydrogen-bond acceptors (Lipinski definition) is 2. The minimum absolute atomic E-state index is 0.734. The summed E-state index contributed by atoms with van der Waals surface area (Å²) in [5.41, 5.74) is 3.11. The normalized spacial score (nSPS) is 10.6. The molecule has 0 fully saturated rings. The van der Waals surface area contributed by atoms with Gasteiger partial charge in [0.15, 0.2) is 0 Å². The lowest BCUT2D eigenvalue weighted by Gasteiger charge is -1.96. The fraction of sp³-hybridized carbons (Fsp3) is 0.250. The highest BCUT2D eigenvalue weighted by atomic mass is 35.5. The zero-order valence-corrected chi connectivity index (χ0v) is 9.88. The van der Waals surface area contributed by atoms with E-state index in [0.717, 1.165) is 34.9 Å². The van der Waals surface area contributed by atoms with Gasteiger partial charge in [-0.3, -0.25) is 5.10 Å². The first-order valence-electron chi connectivity index (χ1n) is 5.24. The molecule has 1 heterocycles. The smallest absolute Gasteiger partial charge is 0.0924 e. The first kappa shape index (κ1) is 11.2. The summed E-state index contributed by atoms with van der Waals surface area (Å²) < 4.78 is 0. The molecule has 0 aliphatic carbocycles. The van der Waals surface area contributed by atoms with Crippen molar-refractivity contribution in [2.24, 2.45) is 0 Å². The molecule has 2 aromatic rings. The van der Waals surface area contributed by atoms with Crippen molar-refractivity contribution in [2.75, 3.05) is 13.6 Å². The summed E-state index contributed by atoms with van der Waals surface area (Å²) >= 11 is 5.94. The maximum atomic E-state index is 5.94. The van der Waals surface area contributed by atoms with Crippen molar-refractivity contribution < 1.29 is 0 Å². The van der Waals surface area contributed by atoms with Gasteiger partial charge in [-0.05, 0) is 25.2 Å². The lowest BCUT2D eigenvalue weighted by Crippen LogP contribution is -2.10. The molecule has 1 aromatic heterocycles. The van der Waals surface area contributed by atoms with Gasteiger partial charge >= 0.3 is 0 Å². The average Bonchev–Trinajstić information content (AvgIpc) is 2.75. The molecule has 2 rings (SSSR count). The minimum atomic E-state index is 0.734. The van der Waals surface area contributed by atoms with Crippen LogP contribution in [0.4, 0.5) is 0 Å². The summed E-state index contributed by atoms with van der Waals surface area (Å²) in [6.07, 6.45) is 0.948. The molecule has 0 spiro atoms. The van der Waals surface area contributed by atoms with Crippen LogP contribution in [0.2, 0.25) is 5.02 Å². The molecule has 0 atom stereocenters. The molecule has 2 N–H and O–H groups in total. The van der Waals surface area contributed by atoms with Gasteiger partial charge in [0, 0.05) is 29.2 Å². The molecule has 0 aliphatic rings. The second-order valence-corrected chi connectivity index (χ2v) is 4.08. The number of H-pyrrole nitrogens is 1. The average molecular weight is 236 g/mol. The second kappa shape index (κ2) is 5.14. The highest BCUT2D eigenvalue weighted by Gasteiger charge is 2.03. The molecule has 0 radical (unpaired) electrons. The monoisotopic (exact) mass is 235 g/mol. The lowest BCUT2D eigenvalue weighted by atomic mass is 10.1. The number of rotatable bonds is 4. The Kier molecular flexibility index (Phi) is 3.59. The van der Waals surface area contributed by atoms with Gasteiger partial charge in [-0.25, -0.2) is 0 Å². The van der Waals surface area contributed by atoms with Gasteiger partial charge in [0.2, 0.25) is 0 Å². The molecule has 1 aromatic carbocycles. The third-order valence-electron chi connectivity index (χ3n) is 2.40. The Bertz CT molecular complexity index is 465. The number of aromatic nitrogens is 2. The van der Waals surface area contributed by atoms with Crippen LogP contribution in [0.3, 0.4) is 0 Å². The molecule has 0 aliphatic heterocycles. The molecule has 0 amide bonds. The van der Waals surface area contributed by atoms with Crippen molar-refractivity contribution in [1.82, 2.24) is 15.5 Å². The van der Waals surface area contributed by atoms with E-state index in [4.69, 9.17) is 11.6 Å². The van der Waals surface area contributed by atoms with E-state index >= 15 is 0 Å². The van der Waals surface area contributed by atoms with Crippen molar-refractivity contribution in [3.05, 3.63) is 41.0 Å². The van der Waals surface area contributed by atoms with Crippen molar-refractivity contribution in [3.63, 3.8) is 0 Å². The van der Waals surface area contributed by atoms with Crippen LogP contribution in [0.1, 0.15) is 5.69 Å². The Morgan fingerprint density at radius 2 is 2.25 bits per heavy atom. The van der Waals surface area contributed by atoms with Crippen LogP contribution in [0.15, 0.2) is 30.3 Å². The summed E-state index contributed by atoms with van der Waals surface area (Å²) in [6.45, 7) is 0.942. The van der Waals surface area contributed by atoms with Gasteiger partial charge in [0.1, 0.15) is 0 Å². The topological polar surface area (TPSA) is 40.7 Å². The summed E-state index contributed by atoms with van der Waals surface area (Å²) in [5, 5.41) is 11.1. The van der Waals surface area contributed by atoms with E-state index in [0.29, 0.717) is 0 Å².